The Morgan fingerprint density at radius 2 is 1.05 bits per heavy atom. The molecule has 2 aliphatic carbocycles. The summed E-state index contributed by atoms with van der Waals surface area (Å²) in [6.07, 6.45) is 14.4. The monoisotopic (exact) mass is 552 g/mol. The van der Waals surface area contributed by atoms with Crippen LogP contribution in [-0.2, 0) is 0 Å². The summed E-state index contributed by atoms with van der Waals surface area (Å²) in [5.74, 6) is 1.42. The highest BCUT2D eigenvalue weighted by Crippen LogP contribution is 2.57. The van der Waals surface area contributed by atoms with Crippen LogP contribution in [0, 0.1) is 0 Å². The van der Waals surface area contributed by atoms with E-state index < -0.39 is 0 Å². The molecule has 2 saturated carbocycles. The van der Waals surface area contributed by atoms with Crippen LogP contribution in [0.15, 0.2) is 60.7 Å². The molecule has 0 radical (unpaired) electrons. The van der Waals surface area contributed by atoms with Crippen molar-refractivity contribution in [1.82, 2.24) is 0 Å². The van der Waals surface area contributed by atoms with E-state index in [1.165, 1.54) is 80.9 Å². The van der Waals surface area contributed by atoms with E-state index in [-0.39, 0.29) is 7.92 Å². The largest absolute Gasteiger partial charge is 0.0683 e. The van der Waals surface area contributed by atoms with Gasteiger partial charge in [-0.3, -0.25) is 0 Å². The van der Waals surface area contributed by atoms with Crippen LogP contribution >= 0.6 is 7.92 Å². The van der Waals surface area contributed by atoms with Crippen molar-refractivity contribution >= 4 is 13.2 Å². The van der Waals surface area contributed by atoms with E-state index in [0.717, 1.165) is 11.3 Å². The minimum Gasteiger partial charge on any atom is -0.0683 e. The van der Waals surface area contributed by atoms with Crippen molar-refractivity contribution in [1.29, 1.82) is 0 Å². The molecule has 40 heavy (non-hydrogen) atoms. The molecule has 0 bridgehead atoms. The predicted octanol–water partition coefficient (Wildman–Crippen LogP) is 12.2. The first-order chi connectivity index (χ1) is 19.4. The fourth-order valence-corrected chi connectivity index (χ4v) is 11.7. The van der Waals surface area contributed by atoms with Crippen molar-refractivity contribution in [2.45, 2.75) is 135 Å². The summed E-state index contributed by atoms with van der Waals surface area (Å²) in [5.41, 5.74) is 12.5. The van der Waals surface area contributed by atoms with Gasteiger partial charge in [0.15, 0.2) is 0 Å². The van der Waals surface area contributed by atoms with Gasteiger partial charge in [-0.25, -0.2) is 0 Å². The highest BCUT2D eigenvalue weighted by atomic mass is 31.1. The van der Waals surface area contributed by atoms with Gasteiger partial charge >= 0.3 is 0 Å². The first-order valence-corrected chi connectivity index (χ1v) is 18.0. The van der Waals surface area contributed by atoms with Gasteiger partial charge in [0.05, 0.1) is 0 Å². The van der Waals surface area contributed by atoms with Crippen LogP contribution in [0.4, 0.5) is 0 Å². The maximum absolute atomic E-state index is 2.61. The van der Waals surface area contributed by atoms with Crippen LogP contribution in [-0.4, -0.2) is 11.3 Å². The second-order valence-corrected chi connectivity index (χ2v) is 16.3. The molecule has 0 nitrogen and oxygen atoms in total. The van der Waals surface area contributed by atoms with Gasteiger partial charge in [0.25, 0.3) is 0 Å². The molecule has 0 atom stereocenters. The maximum Gasteiger partial charge on any atom is -0.0101 e. The average Bonchev–Trinajstić information content (AvgIpc) is 2.98. The third-order valence-corrected chi connectivity index (χ3v) is 13.3. The standard InChI is InChI=1S/C39H53P/c1-27(2)34-26-35(28(3)4)39(37(29(5)6)38(34)30-18-10-7-11-19-30)33-24-16-17-25-36(33)40(31-20-12-8-13-21-31)32-22-14-9-15-23-32/h7,10-11,16-19,24-29,31-32H,8-9,12-15,20-23H2,1-6H3. The summed E-state index contributed by atoms with van der Waals surface area (Å²) in [4.78, 5) is 0. The lowest BCUT2D eigenvalue weighted by Gasteiger charge is -2.40. The van der Waals surface area contributed by atoms with Gasteiger partial charge in [-0.2, -0.15) is 0 Å². The van der Waals surface area contributed by atoms with E-state index in [9.17, 15) is 0 Å². The Morgan fingerprint density at radius 1 is 0.550 bits per heavy atom. The maximum atomic E-state index is 2.61. The van der Waals surface area contributed by atoms with Crippen molar-refractivity contribution in [3.05, 3.63) is 77.4 Å². The Hall–Kier alpha value is -1.91. The quantitative estimate of drug-likeness (QED) is 0.244. The minimum absolute atomic E-state index is 0.184. The van der Waals surface area contributed by atoms with E-state index in [0.29, 0.717) is 17.8 Å². The van der Waals surface area contributed by atoms with E-state index in [1.807, 2.05) is 0 Å². The Kier molecular flexibility index (Phi) is 9.89. The van der Waals surface area contributed by atoms with E-state index >= 15 is 0 Å². The second kappa shape index (κ2) is 13.4. The zero-order valence-electron chi connectivity index (χ0n) is 26.2. The van der Waals surface area contributed by atoms with Crippen molar-refractivity contribution in [2.24, 2.45) is 0 Å². The number of hydrogen-bond donors (Lipinski definition) is 0. The summed E-state index contributed by atoms with van der Waals surface area (Å²) < 4.78 is 0. The summed E-state index contributed by atoms with van der Waals surface area (Å²) >= 11 is 0. The molecule has 5 rings (SSSR count). The number of benzene rings is 3. The molecular formula is C39H53P. The van der Waals surface area contributed by atoms with Gasteiger partial charge in [-0.1, -0.05) is 149 Å². The lowest BCUT2D eigenvalue weighted by molar-refractivity contribution is 0.487. The average molecular weight is 553 g/mol. The first kappa shape index (κ1) is 29.6. The molecule has 2 aliphatic rings. The van der Waals surface area contributed by atoms with Crippen molar-refractivity contribution in [3.63, 3.8) is 0 Å². The summed E-state index contributed by atoms with van der Waals surface area (Å²) in [6.45, 7) is 14.5. The van der Waals surface area contributed by atoms with Gasteiger partial charge < -0.3 is 0 Å². The minimum atomic E-state index is -0.184. The molecule has 2 fully saturated rings. The lowest BCUT2D eigenvalue weighted by atomic mass is 9.76. The Bertz CT molecular complexity index is 1220. The van der Waals surface area contributed by atoms with Crippen LogP contribution < -0.4 is 5.30 Å². The van der Waals surface area contributed by atoms with Crippen LogP contribution in [0.25, 0.3) is 22.3 Å². The van der Waals surface area contributed by atoms with Gasteiger partial charge in [0, 0.05) is 0 Å². The molecule has 0 unspecified atom stereocenters. The molecule has 0 aliphatic heterocycles. The fraction of sp³-hybridized carbons (Fsp3) is 0.538. The molecule has 214 valence electrons. The zero-order valence-corrected chi connectivity index (χ0v) is 27.1. The van der Waals surface area contributed by atoms with Crippen LogP contribution in [0.3, 0.4) is 0 Å². The molecule has 1 heteroatoms. The van der Waals surface area contributed by atoms with E-state index in [2.05, 4.69) is 102 Å². The molecule has 0 aromatic heterocycles. The van der Waals surface area contributed by atoms with E-state index in [4.69, 9.17) is 0 Å². The summed E-state index contributed by atoms with van der Waals surface area (Å²) in [6, 6.07) is 23.7. The highest BCUT2D eigenvalue weighted by molar-refractivity contribution is 7.67. The molecule has 3 aromatic rings. The molecule has 0 amide bonds. The van der Waals surface area contributed by atoms with Gasteiger partial charge in [0.2, 0.25) is 0 Å². The zero-order chi connectivity index (χ0) is 28.2. The lowest BCUT2D eigenvalue weighted by Crippen LogP contribution is -2.27. The van der Waals surface area contributed by atoms with Crippen LogP contribution in [0.5, 0.6) is 0 Å². The summed E-state index contributed by atoms with van der Waals surface area (Å²) in [7, 11) is -0.184. The third-order valence-electron chi connectivity index (χ3n) is 9.70. The molecule has 3 aromatic carbocycles. The van der Waals surface area contributed by atoms with Crippen molar-refractivity contribution in [2.75, 3.05) is 0 Å². The highest BCUT2D eigenvalue weighted by Gasteiger charge is 2.35. The second-order valence-electron chi connectivity index (χ2n) is 13.6. The van der Waals surface area contributed by atoms with Gasteiger partial charge in [-0.05, 0) is 99.0 Å². The predicted molar refractivity (Wildman–Crippen MR) is 180 cm³/mol. The fourth-order valence-electron chi connectivity index (χ4n) is 7.78. The number of rotatable bonds is 8. The topological polar surface area (TPSA) is 0 Å². The first-order valence-electron chi connectivity index (χ1n) is 16.5. The van der Waals surface area contributed by atoms with Crippen molar-refractivity contribution < 1.29 is 0 Å². The molecule has 0 saturated heterocycles. The molecular weight excluding hydrogens is 499 g/mol. The Balaban J connectivity index is 1.81. The normalized spacial score (nSPS) is 17.4. The molecule has 0 spiro atoms. The number of hydrogen-bond acceptors (Lipinski definition) is 0. The van der Waals surface area contributed by atoms with Crippen LogP contribution in [0.2, 0.25) is 0 Å². The SMILES string of the molecule is CC(C)c1cc(C(C)C)c(-c2ccccc2P(C2CCCCC2)C2CCCCC2)c(C(C)C)c1-c1ccccc1. The Labute approximate surface area is 247 Å². The van der Waals surface area contributed by atoms with Crippen molar-refractivity contribution in [3.8, 4) is 22.3 Å². The molecule has 0 heterocycles. The van der Waals surface area contributed by atoms with Gasteiger partial charge in [0.1, 0.15) is 0 Å². The smallest absolute Gasteiger partial charge is 0.0101 e. The summed E-state index contributed by atoms with van der Waals surface area (Å²) in [5, 5.41) is 1.73. The third kappa shape index (κ3) is 6.14. The van der Waals surface area contributed by atoms with Gasteiger partial charge in [-0.15, -0.1) is 0 Å². The molecule has 0 N–H and O–H groups in total. The van der Waals surface area contributed by atoms with E-state index in [1.54, 1.807) is 27.6 Å². The van der Waals surface area contributed by atoms with Crippen LogP contribution in [0.1, 0.15) is 140 Å². The Morgan fingerprint density at radius 3 is 1.57 bits per heavy atom.